The number of hydrogen-bond acceptors (Lipinski definition) is 6. The van der Waals surface area contributed by atoms with E-state index in [4.69, 9.17) is 9.47 Å². The number of hydrogen-bond donors (Lipinski definition) is 1. The number of pyridine rings is 1. The highest BCUT2D eigenvalue weighted by Crippen LogP contribution is 2.21. The Bertz CT molecular complexity index is 1100. The van der Waals surface area contributed by atoms with Crippen LogP contribution in [0.1, 0.15) is 16.1 Å². The molecule has 8 heteroatoms. The molecule has 1 aliphatic rings. The van der Waals surface area contributed by atoms with E-state index >= 15 is 0 Å². The minimum atomic E-state index is -0.583. The monoisotopic (exact) mass is 435 g/mol. The fourth-order valence-electron chi connectivity index (χ4n) is 3.54. The fraction of sp³-hybridized carbons (Fsp3) is 0.250. The van der Waals surface area contributed by atoms with Crippen LogP contribution in [0.25, 0.3) is 0 Å². The highest BCUT2D eigenvalue weighted by Gasteiger charge is 2.32. The van der Waals surface area contributed by atoms with Crippen LogP contribution in [0.15, 0.2) is 77.7 Å². The van der Waals surface area contributed by atoms with Gasteiger partial charge in [-0.1, -0.05) is 48.5 Å². The minimum absolute atomic E-state index is 0.0351. The Kier molecular flexibility index (Phi) is 6.72. The molecule has 1 N–H and O–H groups in total. The van der Waals surface area contributed by atoms with E-state index in [9.17, 15) is 14.7 Å². The lowest BCUT2D eigenvalue weighted by molar-refractivity contribution is 0.0522. The van der Waals surface area contributed by atoms with Gasteiger partial charge in [0.15, 0.2) is 11.4 Å². The molecule has 4 rings (SSSR count). The van der Waals surface area contributed by atoms with Gasteiger partial charge in [0.2, 0.25) is 5.43 Å². The van der Waals surface area contributed by atoms with E-state index in [-0.39, 0.29) is 5.69 Å². The summed E-state index contributed by atoms with van der Waals surface area (Å²) >= 11 is 0. The predicted molar refractivity (Wildman–Crippen MR) is 119 cm³/mol. The molecular weight excluding hydrogens is 410 g/mol. The maximum Gasteiger partial charge on any atom is 0.277 e. The summed E-state index contributed by atoms with van der Waals surface area (Å²) in [5, 5.41) is 12.2. The van der Waals surface area contributed by atoms with E-state index in [2.05, 4.69) is 0 Å². The van der Waals surface area contributed by atoms with Crippen LogP contribution in [0, 0.1) is 0 Å². The molecule has 0 bridgehead atoms. The average molecular weight is 435 g/mol. The number of para-hydroxylation sites is 1. The summed E-state index contributed by atoms with van der Waals surface area (Å²) in [6.07, 6.45) is 1.52. The third-order valence-corrected chi connectivity index (χ3v) is 5.14. The first-order chi connectivity index (χ1) is 15.6. The van der Waals surface area contributed by atoms with Gasteiger partial charge in [-0.05, 0) is 17.7 Å². The molecule has 0 radical (unpaired) electrons. The van der Waals surface area contributed by atoms with Gasteiger partial charge in [0.25, 0.3) is 5.91 Å². The molecule has 1 aliphatic heterocycles. The molecule has 0 unspecified atom stereocenters. The summed E-state index contributed by atoms with van der Waals surface area (Å²) in [5.74, 6) is -0.178. The Labute approximate surface area is 185 Å². The Balaban J connectivity index is 1.39. The largest absolute Gasteiger partial charge is 0.502 e. The molecule has 3 aromatic rings. The molecule has 0 atom stereocenters. The quantitative estimate of drug-likeness (QED) is 0.519. The Morgan fingerprint density at radius 3 is 2.34 bits per heavy atom. The van der Waals surface area contributed by atoms with E-state index in [1.807, 2.05) is 65.7 Å². The van der Waals surface area contributed by atoms with E-state index in [1.165, 1.54) is 12.3 Å². The number of rotatable bonds is 9. The number of fused-ring (bicyclic) bond motifs is 1. The predicted octanol–water partition coefficient (Wildman–Crippen LogP) is 2.20. The molecular formula is C24H25N3O5. The first kappa shape index (κ1) is 21.5. The highest BCUT2D eigenvalue weighted by atomic mass is 16.5. The molecule has 1 aromatic heterocycles. The smallest absolute Gasteiger partial charge is 0.277 e. The normalized spacial score (nSPS) is 13.2. The lowest BCUT2D eigenvalue weighted by atomic mass is 10.2. The van der Waals surface area contributed by atoms with Crippen LogP contribution in [0.2, 0.25) is 0 Å². The van der Waals surface area contributed by atoms with Gasteiger partial charge in [-0.3, -0.25) is 19.3 Å². The van der Waals surface area contributed by atoms with E-state index in [1.54, 1.807) is 9.58 Å². The number of nitrogens with zero attached hydrogens (tertiary/aromatic N) is 3. The van der Waals surface area contributed by atoms with Crippen LogP contribution < -0.4 is 15.2 Å². The molecule has 166 valence electrons. The standard InChI is InChI=1S/C24H25N3O5/c28-21-11-12-27-22(23(21)29)24(30)25(18-26(27)17-19-7-3-1-4-8-19)13-14-31-15-16-32-20-9-5-2-6-10-20/h1-12,29H,13-18H2. The van der Waals surface area contributed by atoms with Crippen molar-refractivity contribution >= 4 is 5.91 Å². The van der Waals surface area contributed by atoms with Crippen molar-refractivity contribution in [2.75, 3.05) is 38.0 Å². The molecule has 2 heterocycles. The summed E-state index contributed by atoms with van der Waals surface area (Å²) in [6.45, 7) is 2.21. The second kappa shape index (κ2) is 10.0. The summed E-state index contributed by atoms with van der Waals surface area (Å²) in [4.78, 5) is 26.5. The molecule has 0 spiro atoms. The van der Waals surface area contributed by atoms with Gasteiger partial charge in [-0.25, -0.2) is 0 Å². The SMILES string of the molecule is O=C1c2c(O)c(=O)ccn2N(Cc2ccccc2)CN1CCOCCOc1ccccc1. The van der Waals surface area contributed by atoms with Crippen LogP contribution in [-0.4, -0.2) is 53.6 Å². The van der Waals surface area contributed by atoms with Crippen molar-refractivity contribution in [1.29, 1.82) is 0 Å². The Morgan fingerprint density at radius 2 is 1.59 bits per heavy atom. The lowest BCUT2D eigenvalue weighted by Gasteiger charge is -2.39. The zero-order valence-corrected chi connectivity index (χ0v) is 17.6. The van der Waals surface area contributed by atoms with Gasteiger partial charge in [0, 0.05) is 18.8 Å². The van der Waals surface area contributed by atoms with E-state index in [0.717, 1.165) is 11.3 Å². The fourth-order valence-corrected chi connectivity index (χ4v) is 3.54. The van der Waals surface area contributed by atoms with Crippen LogP contribution >= 0.6 is 0 Å². The first-order valence-corrected chi connectivity index (χ1v) is 10.4. The number of benzene rings is 2. The van der Waals surface area contributed by atoms with Gasteiger partial charge in [0.1, 0.15) is 19.0 Å². The summed E-state index contributed by atoms with van der Waals surface area (Å²) in [7, 11) is 0. The van der Waals surface area contributed by atoms with Gasteiger partial charge in [-0.2, -0.15) is 0 Å². The van der Waals surface area contributed by atoms with Gasteiger partial charge in [-0.15, -0.1) is 0 Å². The number of ether oxygens (including phenoxy) is 2. The minimum Gasteiger partial charge on any atom is -0.502 e. The molecule has 0 saturated carbocycles. The van der Waals surface area contributed by atoms with Crippen molar-refractivity contribution in [3.63, 3.8) is 0 Å². The van der Waals surface area contributed by atoms with Crippen LogP contribution in [0.3, 0.4) is 0 Å². The maximum atomic E-state index is 13.0. The Hall–Kier alpha value is -3.78. The summed E-state index contributed by atoms with van der Waals surface area (Å²) < 4.78 is 12.8. The number of aromatic hydroxyl groups is 1. The number of carbonyl (C=O) groups is 1. The zero-order valence-electron chi connectivity index (χ0n) is 17.6. The zero-order chi connectivity index (χ0) is 22.3. The van der Waals surface area contributed by atoms with Crippen molar-refractivity contribution in [2.24, 2.45) is 0 Å². The van der Waals surface area contributed by atoms with E-state index < -0.39 is 17.1 Å². The molecule has 1 amide bonds. The molecule has 0 aliphatic carbocycles. The van der Waals surface area contributed by atoms with Crippen molar-refractivity contribution < 1.29 is 19.4 Å². The van der Waals surface area contributed by atoms with Crippen molar-refractivity contribution in [2.45, 2.75) is 6.54 Å². The second-order valence-electron chi connectivity index (χ2n) is 7.36. The first-order valence-electron chi connectivity index (χ1n) is 10.4. The molecule has 8 nitrogen and oxygen atoms in total. The molecule has 2 aromatic carbocycles. The molecule has 0 fully saturated rings. The third-order valence-electron chi connectivity index (χ3n) is 5.14. The topological polar surface area (TPSA) is 84.2 Å². The summed E-state index contributed by atoms with van der Waals surface area (Å²) in [6, 6.07) is 20.5. The lowest BCUT2D eigenvalue weighted by Crippen LogP contribution is -2.54. The maximum absolute atomic E-state index is 13.0. The van der Waals surface area contributed by atoms with Crippen LogP contribution in [0.4, 0.5) is 0 Å². The average Bonchev–Trinajstić information content (AvgIpc) is 2.82. The highest BCUT2D eigenvalue weighted by molar-refractivity contribution is 5.96. The number of carbonyl (C=O) groups excluding carboxylic acids is 1. The van der Waals surface area contributed by atoms with Gasteiger partial charge in [0.05, 0.1) is 19.8 Å². The Morgan fingerprint density at radius 1 is 0.875 bits per heavy atom. The van der Waals surface area contributed by atoms with Crippen LogP contribution in [0.5, 0.6) is 11.5 Å². The molecule has 0 saturated heterocycles. The molecule has 32 heavy (non-hydrogen) atoms. The van der Waals surface area contributed by atoms with Crippen molar-refractivity contribution in [3.05, 3.63) is 94.4 Å². The van der Waals surface area contributed by atoms with Gasteiger partial charge < -0.3 is 19.5 Å². The van der Waals surface area contributed by atoms with E-state index in [0.29, 0.717) is 39.6 Å². The van der Waals surface area contributed by atoms with Crippen molar-refractivity contribution in [1.82, 2.24) is 9.58 Å². The van der Waals surface area contributed by atoms with Crippen LogP contribution in [-0.2, 0) is 11.3 Å². The van der Waals surface area contributed by atoms with Crippen molar-refractivity contribution in [3.8, 4) is 11.5 Å². The van der Waals surface area contributed by atoms with Gasteiger partial charge >= 0.3 is 0 Å². The second-order valence-corrected chi connectivity index (χ2v) is 7.36. The number of aromatic nitrogens is 1. The summed E-state index contributed by atoms with van der Waals surface area (Å²) in [5.41, 5.74) is 0.424. The number of amides is 1. The third kappa shape index (κ3) is 4.92.